The fraction of sp³-hybridized carbons (Fsp3) is 0.533. The van der Waals surface area contributed by atoms with Crippen LogP contribution in [0.15, 0.2) is 18.2 Å². The van der Waals surface area contributed by atoms with Gasteiger partial charge in [0.15, 0.2) is 21.4 Å². The highest BCUT2D eigenvalue weighted by molar-refractivity contribution is 7.91. The van der Waals surface area contributed by atoms with Crippen LogP contribution in [0.4, 0.5) is 9.18 Å². The minimum atomic E-state index is -2.94. The van der Waals surface area contributed by atoms with Gasteiger partial charge < -0.3 is 15.0 Å². The molecule has 128 valence electrons. The molecule has 0 saturated carbocycles. The molecule has 1 fully saturated rings. The lowest BCUT2D eigenvalue weighted by Gasteiger charge is -2.19. The van der Waals surface area contributed by atoms with E-state index < -0.39 is 15.7 Å². The van der Waals surface area contributed by atoms with Crippen LogP contribution in [0.3, 0.4) is 0 Å². The van der Waals surface area contributed by atoms with Gasteiger partial charge in [0.05, 0.1) is 18.6 Å². The van der Waals surface area contributed by atoms with E-state index >= 15 is 0 Å². The minimum Gasteiger partial charge on any atom is -0.494 e. The van der Waals surface area contributed by atoms with Crippen LogP contribution in [-0.2, 0) is 16.4 Å². The van der Waals surface area contributed by atoms with E-state index in [1.807, 2.05) is 0 Å². The number of methoxy groups -OCH3 is 1. The van der Waals surface area contributed by atoms with Gasteiger partial charge in [-0.05, 0) is 30.0 Å². The third-order valence-electron chi connectivity index (χ3n) is 3.85. The van der Waals surface area contributed by atoms with Crippen LogP contribution in [-0.4, -0.2) is 51.6 Å². The molecule has 1 aromatic rings. The summed E-state index contributed by atoms with van der Waals surface area (Å²) in [7, 11) is 0.0478. The first-order valence-corrected chi connectivity index (χ1v) is 9.14. The molecule has 1 aliphatic heterocycles. The lowest BCUT2D eigenvalue weighted by Crippen LogP contribution is -2.39. The fourth-order valence-electron chi connectivity index (χ4n) is 2.55. The first-order valence-electron chi connectivity index (χ1n) is 7.32. The number of nitrogens with zero attached hydrogens (tertiary/aromatic N) is 1. The number of carbonyl (C=O) groups excluding carboxylic acids is 1. The van der Waals surface area contributed by atoms with Crippen LogP contribution >= 0.6 is 0 Å². The molecule has 1 aromatic carbocycles. The summed E-state index contributed by atoms with van der Waals surface area (Å²) in [6, 6.07) is 4.21. The van der Waals surface area contributed by atoms with Crippen molar-refractivity contribution in [2.24, 2.45) is 5.92 Å². The van der Waals surface area contributed by atoms with Gasteiger partial charge in [-0.25, -0.2) is 17.6 Å². The van der Waals surface area contributed by atoms with Crippen molar-refractivity contribution in [1.82, 2.24) is 10.2 Å². The summed E-state index contributed by atoms with van der Waals surface area (Å²) in [5.41, 5.74) is 0.643. The molecule has 0 bridgehead atoms. The highest BCUT2D eigenvalue weighted by Crippen LogP contribution is 2.19. The predicted molar refractivity (Wildman–Crippen MR) is 84.6 cm³/mol. The van der Waals surface area contributed by atoms with Crippen LogP contribution < -0.4 is 10.1 Å². The van der Waals surface area contributed by atoms with Crippen molar-refractivity contribution in [3.63, 3.8) is 0 Å². The van der Waals surface area contributed by atoms with Crippen LogP contribution in [0.1, 0.15) is 12.0 Å². The van der Waals surface area contributed by atoms with Crippen molar-refractivity contribution in [2.75, 3.05) is 32.2 Å². The van der Waals surface area contributed by atoms with Gasteiger partial charge in [-0.1, -0.05) is 6.07 Å². The molecule has 0 radical (unpaired) electrons. The van der Waals surface area contributed by atoms with Gasteiger partial charge in [-0.15, -0.1) is 0 Å². The molecule has 1 heterocycles. The number of hydrogen-bond donors (Lipinski definition) is 1. The lowest BCUT2D eigenvalue weighted by atomic mass is 10.1. The van der Waals surface area contributed by atoms with Crippen molar-refractivity contribution in [3.8, 4) is 5.75 Å². The number of sulfone groups is 1. The second kappa shape index (κ2) is 7.16. The standard InChI is InChI=1S/C15H21FN2O4S/c1-18(9-11-3-4-14(22-2)13(16)7-11)15(19)17-8-12-5-6-23(20,21)10-12/h3-4,7,12H,5-6,8-10H2,1-2H3,(H,17,19)/t12-/m1/s1. The van der Waals surface area contributed by atoms with Gasteiger partial charge in [0, 0.05) is 20.1 Å². The summed E-state index contributed by atoms with van der Waals surface area (Å²) in [4.78, 5) is 13.4. The second-order valence-electron chi connectivity index (χ2n) is 5.78. The summed E-state index contributed by atoms with van der Waals surface area (Å²) in [6.07, 6.45) is 0.579. The van der Waals surface area contributed by atoms with Crippen molar-refractivity contribution in [2.45, 2.75) is 13.0 Å². The van der Waals surface area contributed by atoms with Crippen LogP contribution in [0, 0.1) is 11.7 Å². The van der Waals surface area contributed by atoms with E-state index in [9.17, 15) is 17.6 Å². The Morgan fingerprint density at radius 3 is 2.78 bits per heavy atom. The maximum Gasteiger partial charge on any atom is 0.317 e. The largest absolute Gasteiger partial charge is 0.494 e. The Balaban J connectivity index is 1.84. The monoisotopic (exact) mass is 344 g/mol. The Kier molecular flexibility index (Phi) is 5.46. The number of hydrogen-bond acceptors (Lipinski definition) is 4. The topological polar surface area (TPSA) is 75.7 Å². The Labute approximate surface area is 135 Å². The van der Waals surface area contributed by atoms with Crippen LogP contribution in [0.25, 0.3) is 0 Å². The lowest BCUT2D eigenvalue weighted by molar-refractivity contribution is 0.205. The molecule has 1 atom stereocenters. The van der Waals surface area contributed by atoms with Crippen LogP contribution in [0.5, 0.6) is 5.75 Å². The van der Waals surface area contributed by atoms with E-state index in [2.05, 4.69) is 5.32 Å². The number of urea groups is 1. The van der Waals surface area contributed by atoms with Gasteiger partial charge >= 0.3 is 6.03 Å². The molecular weight excluding hydrogens is 323 g/mol. The quantitative estimate of drug-likeness (QED) is 0.876. The van der Waals surface area contributed by atoms with E-state index in [0.717, 1.165) is 0 Å². The summed E-state index contributed by atoms with van der Waals surface area (Å²) < 4.78 is 41.2. The first-order chi connectivity index (χ1) is 10.8. The molecule has 1 saturated heterocycles. The number of ether oxygens (including phenoxy) is 1. The Morgan fingerprint density at radius 2 is 2.22 bits per heavy atom. The Hall–Kier alpha value is -1.83. The number of halogens is 1. The molecular formula is C15H21FN2O4S. The predicted octanol–water partition coefficient (Wildman–Crippen LogP) is 1.41. The third-order valence-corrected chi connectivity index (χ3v) is 5.69. The zero-order valence-corrected chi connectivity index (χ0v) is 14.0. The maximum atomic E-state index is 13.6. The molecule has 1 aliphatic rings. The van der Waals surface area contributed by atoms with E-state index in [1.165, 1.54) is 24.1 Å². The third kappa shape index (κ3) is 4.82. The van der Waals surface area contributed by atoms with Gasteiger partial charge in [-0.2, -0.15) is 0 Å². The summed E-state index contributed by atoms with van der Waals surface area (Å²) in [5.74, 6) is -0.0381. The Bertz CT molecular complexity index is 678. The normalized spacial score (nSPS) is 19.3. The second-order valence-corrected chi connectivity index (χ2v) is 8.01. The summed E-state index contributed by atoms with van der Waals surface area (Å²) in [6.45, 7) is 0.578. The molecule has 6 nitrogen and oxygen atoms in total. The number of amides is 2. The number of carbonyl (C=O) groups is 1. The molecule has 2 rings (SSSR count). The average molecular weight is 344 g/mol. The molecule has 0 aliphatic carbocycles. The molecule has 23 heavy (non-hydrogen) atoms. The highest BCUT2D eigenvalue weighted by atomic mass is 32.2. The zero-order valence-electron chi connectivity index (χ0n) is 13.2. The SMILES string of the molecule is COc1ccc(CN(C)C(=O)NC[C@H]2CCS(=O)(=O)C2)cc1F. The average Bonchev–Trinajstić information content (AvgIpc) is 2.84. The maximum absolute atomic E-state index is 13.6. The smallest absolute Gasteiger partial charge is 0.317 e. The fourth-order valence-corrected chi connectivity index (χ4v) is 4.42. The van der Waals surface area contributed by atoms with Crippen molar-refractivity contribution >= 4 is 15.9 Å². The van der Waals surface area contributed by atoms with E-state index in [0.29, 0.717) is 18.5 Å². The van der Waals surface area contributed by atoms with Crippen LogP contribution in [0.2, 0.25) is 0 Å². The zero-order chi connectivity index (χ0) is 17.0. The molecule has 0 aromatic heterocycles. The molecule has 1 N–H and O–H groups in total. The number of rotatable bonds is 5. The van der Waals surface area contributed by atoms with Crippen molar-refractivity contribution in [3.05, 3.63) is 29.6 Å². The van der Waals surface area contributed by atoms with Gasteiger partial charge in [0.25, 0.3) is 0 Å². The number of nitrogens with one attached hydrogen (secondary N) is 1. The van der Waals surface area contributed by atoms with E-state index in [1.54, 1.807) is 13.1 Å². The van der Waals surface area contributed by atoms with Crippen molar-refractivity contribution < 1.29 is 22.3 Å². The molecule has 0 unspecified atom stereocenters. The highest BCUT2D eigenvalue weighted by Gasteiger charge is 2.28. The van der Waals surface area contributed by atoms with E-state index in [-0.39, 0.29) is 35.7 Å². The van der Waals surface area contributed by atoms with Gasteiger partial charge in [0.1, 0.15) is 0 Å². The van der Waals surface area contributed by atoms with Gasteiger partial charge in [0.2, 0.25) is 0 Å². The molecule has 2 amide bonds. The molecule has 0 spiro atoms. The summed E-state index contributed by atoms with van der Waals surface area (Å²) >= 11 is 0. The van der Waals surface area contributed by atoms with Crippen molar-refractivity contribution in [1.29, 1.82) is 0 Å². The minimum absolute atomic E-state index is 0.0317. The Morgan fingerprint density at radius 1 is 1.48 bits per heavy atom. The van der Waals surface area contributed by atoms with Gasteiger partial charge in [-0.3, -0.25) is 0 Å². The first kappa shape index (κ1) is 17.5. The summed E-state index contributed by atoms with van der Waals surface area (Å²) in [5, 5.41) is 2.72. The van der Waals surface area contributed by atoms with E-state index in [4.69, 9.17) is 4.74 Å². The molecule has 8 heteroatoms. The number of benzene rings is 1.